The van der Waals surface area contributed by atoms with Crippen LogP contribution in [0.5, 0.6) is 0 Å². The predicted molar refractivity (Wildman–Crippen MR) is 60.8 cm³/mol. The Bertz CT molecular complexity index is 599. The van der Waals surface area contributed by atoms with Crippen LogP contribution >= 0.6 is 0 Å². The first-order valence-electron chi connectivity index (χ1n) is 5.36. The van der Waals surface area contributed by atoms with E-state index in [1.807, 2.05) is 0 Å². The van der Waals surface area contributed by atoms with Gasteiger partial charge in [0.25, 0.3) is 0 Å². The maximum atomic E-state index is 12.0. The molecule has 0 bridgehead atoms. The summed E-state index contributed by atoms with van der Waals surface area (Å²) < 4.78 is 7.41. The number of carbonyl (C=O) groups is 1. The highest BCUT2D eigenvalue weighted by Gasteiger charge is 2.19. The molecule has 6 heteroatoms. The molecular formula is C11H13N3O3. The minimum atomic E-state index is -0.728. The molecule has 0 aliphatic heterocycles. The van der Waals surface area contributed by atoms with E-state index in [2.05, 4.69) is 5.10 Å². The van der Waals surface area contributed by atoms with E-state index in [9.17, 15) is 9.59 Å². The molecule has 0 aliphatic carbocycles. The van der Waals surface area contributed by atoms with Gasteiger partial charge in [0.1, 0.15) is 0 Å². The average molecular weight is 235 g/mol. The first-order valence-corrected chi connectivity index (χ1v) is 5.36. The highest BCUT2D eigenvalue weighted by Crippen LogP contribution is 2.04. The minimum Gasteiger partial charge on any atom is -0.464 e. The number of fused-ring (bicyclic) bond motifs is 1. The van der Waals surface area contributed by atoms with Gasteiger partial charge in [-0.1, -0.05) is 0 Å². The molecule has 17 heavy (non-hydrogen) atoms. The first-order chi connectivity index (χ1) is 8.15. The van der Waals surface area contributed by atoms with Gasteiger partial charge in [0, 0.05) is 6.20 Å². The van der Waals surface area contributed by atoms with E-state index >= 15 is 0 Å². The molecule has 0 amide bonds. The van der Waals surface area contributed by atoms with Crippen molar-refractivity contribution in [2.75, 3.05) is 6.61 Å². The summed E-state index contributed by atoms with van der Waals surface area (Å²) in [7, 11) is 0. The molecular weight excluding hydrogens is 222 g/mol. The van der Waals surface area contributed by atoms with Gasteiger partial charge < -0.3 is 4.74 Å². The Morgan fingerprint density at radius 1 is 1.59 bits per heavy atom. The normalized spacial score (nSPS) is 12.6. The summed E-state index contributed by atoms with van der Waals surface area (Å²) in [5.41, 5.74) is 0.343. The molecule has 0 aromatic carbocycles. The van der Waals surface area contributed by atoms with Crippen LogP contribution in [-0.2, 0) is 9.53 Å². The third-order valence-electron chi connectivity index (χ3n) is 2.49. The molecule has 0 spiro atoms. The summed E-state index contributed by atoms with van der Waals surface area (Å²) in [6.07, 6.45) is 3.17. The van der Waals surface area contributed by atoms with Crippen LogP contribution in [0.2, 0.25) is 0 Å². The Hall–Kier alpha value is -2.11. The van der Waals surface area contributed by atoms with Crippen LogP contribution in [0.3, 0.4) is 0 Å². The molecule has 2 heterocycles. The number of hydrogen-bond donors (Lipinski definition) is 0. The number of hydrogen-bond acceptors (Lipinski definition) is 4. The predicted octanol–water partition coefficient (Wildman–Crippen LogP) is 0.620. The fourth-order valence-electron chi connectivity index (χ4n) is 1.58. The summed E-state index contributed by atoms with van der Waals surface area (Å²) in [4.78, 5) is 23.5. The zero-order valence-corrected chi connectivity index (χ0v) is 9.66. The average Bonchev–Trinajstić information content (AvgIpc) is 2.78. The van der Waals surface area contributed by atoms with Crippen molar-refractivity contribution in [2.24, 2.45) is 0 Å². The third kappa shape index (κ3) is 1.93. The maximum Gasteiger partial charge on any atom is 0.349 e. The zero-order valence-electron chi connectivity index (χ0n) is 9.66. The number of rotatable bonds is 3. The lowest BCUT2D eigenvalue weighted by Gasteiger charge is -2.12. The Morgan fingerprint density at radius 2 is 2.35 bits per heavy atom. The van der Waals surface area contributed by atoms with Crippen molar-refractivity contribution < 1.29 is 9.53 Å². The SMILES string of the molecule is CCOC(=O)[C@H](C)n1ncc2cccn2c1=O. The molecule has 0 unspecified atom stereocenters. The van der Waals surface area contributed by atoms with Gasteiger partial charge in [-0.3, -0.25) is 4.40 Å². The van der Waals surface area contributed by atoms with E-state index in [1.165, 1.54) is 10.6 Å². The van der Waals surface area contributed by atoms with Crippen LogP contribution < -0.4 is 5.69 Å². The molecule has 2 rings (SSSR count). The largest absolute Gasteiger partial charge is 0.464 e. The summed E-state index contributed by atoms with van der Waals surface area (Å²) >= 11 is 0. The lowest BCUT2D eigenvalue weighted by atomic mass is 10.3. The lowest BCUT2D eigenvalue weighted by molar-refractivity contribution is -0.147. The molecule has 1 atom stereocenters. The number of aromatic nitrogens is 3. The number of nitrogens with zero attached hydrogens (tertiary/aromatic N) is 3. The second-order valence-electron chi connectivity index (χ2n) is 3.60. The van der Waals surface area contributed by atoms with Crippen molar-refractivity contribution in [3.63, 3.8) is 0 Å². The Balaban J connectivity index is 2.45. The van der Waals surface area contributed by atoms with Crippen LogP contribution in [0.25, 0.3) is 5.52 Å². The van der Waals surface area contributed by atoms with E-state index in [0.717, 1.165) is 4.68 Å². The number of ether oxygens (including phenoxy) is 1. The van der Waals surface area contributed by atoms with Crippen molar-refractivity contribution >= 4 is 11.5 Å². The van der Waals surface area contributed by atoms with Gasteiger partial charge in [-0.25, -0.2) is 14.3 Å². The topological polar surface area (TPSA) is 65.6 Å². The van der Waals surface area contributed by atoms with Gasteiger partial charge in [0.05, 0.1) is 18.3 Å². The lowest BCUT2D eigenvalue weighted by Crippen LogP contribution is -2.34. The van der Waals surface area contributed by atoms with Gasteiger partial charge >= 0.3 is 11.7 Å². The van der Waals surface area contributed by atoms with E-state index < -0.39 is 12.0 Å². The molecule has 6 nitrogen and oxygen atoms in total. The second-order valence-corrected chi connectivity index (χ2v) is 3.60. The molecule has 90 valence electrons. The van der Waals surface area contributed by atoms with Gasteiger partial charge in [-0.2, -0.15) is 5.10 Å². The van der Waals surface area contributed by atoms with Gasteiger partial charge in [-0.15, -0.1) is 0 Å². The van der Waals surface area contributed by atoms with Crippen LogP contribution in [0.1, 0.15) is 19.9 Å². The van der Waals surface area contributed by atoms with Crippen LogP contribution in [0.4, 0.5) is 0 Å². The molecule has 0 saturated heterocycles. The standard InChI is InChI=1S/C11H13N3O3/c1-3-17-10(15)8(2)14-11(16)13-6-4-5-9(13)7-12-14/h4-8H,3H2,1-2H3/t8-/m0/s1. The fourth-order valence-corrected chi connectivity index (χ4v) is 1.58. The van der Waals surface area contributed by atoms with Gasteiger partial charge in [0.15, 0.2) is 6.04 Å². The summed E-state index contributed by atoms with van der Waals surface area (Å²) in [5, 5.41) is 3.96. The monoisotopic (exact) mass is 235 g/mol. The van der Waals surface area contributed by atoms with Gasteiger partial charge in [-0.05, 0) is 26.0 Å². The van der Waals surface area contributed by atoms with Crippen molar-refractivity contribution in [3.05, 3.63) is 35.0 Å². The van der Waals surface area contributed by atoms with Crippen molar-refractivity contribution in [1.29, 1.82) is 0 Å². The number of esters is 1. The quantitative estimate of drug-likeness (QED) is 0.731. The second kappa shape index (κ2) is 4.40. The van der Waals surface area contributed by atoms with E-state index in [-0.39, 0.29) is 12.3 Å². The number of carbonyl (C=O) groups excluding carboxylic acids is 1. The van der Waals surface area contributed by atoms with E-state index in [4.69, 9.17) is 4.74 Å². The Labute approximate surface area is 97.4 Å². The van der Waals surface area contributed by atoms with Crippen molar-refractivity contribution in [1.82, 2.24) is 14.2 Å². The third-order valence-corrected chi connectivity index (χ3v) is 2.49. The summed E-state index contributed by atoms with van der Waals surface area (Å²) in [6, 6.07) is 2.79. The highest BCUT2D eigenvalue weighted by molar-refractivity contribution is 5.73. The van der Waals surface area contributed by atoms with Gasteiger partial charge in [0.2, 0.25) is 0 Å². The molecule has 0 radical (unpaired) electrons. The molecule has 2 aromatic heterocycles. The van der Waals surface area contributed by atoms with Crippen LogP contribution in [-0.4, -0.2) is 26.8 Å². The van der Waals surface area contributed by atoms with E-state index in [0.29, 0.717) is 5.52 Å². The molecule has 0 saturated carbocycles. The minimum absolute atomic E-state index is 0.281. The van der Waals surface area contributed by atoms with Crippen molar-refractivity contribution in [3.8, 4) is 0 Å². The highest BCUT2D eigenvalue weighted by atomic mass is 16.5. The molecule has 2 aromatic rings. The molecule has 0 aliphatic rings. The van der Waals surface area contributed by atoms with E-state index in [1.54, 1.807) is 32.2 Å². The zero-order chi connectivity index (χ0) is 12.4. The summed E-state index contributed by atoms with van der Waals surface area (Å²) in [6.45, 7) is 3.58. The summed E-state index contributed by atoms with van der Waals surface area (Å²) in [5.74, 6) is -0.464. The first kappa shape index (κ1) is 11.4. The van der Waals surface area contributed by atoms with Crippen molar-refractivity contribution in [2.45, 2.75) is 19.9 Å². The Morgan fingerprint density at radius 3 is 3.06 bits per heavy atom. The molecule has 0 fully saturated rings. The molecule has 0 N–H and O–H groups in total. The van der Waals surface area contributed by atoms with Crippen LogP contribution in [0.15, 0.2) is 29.3 Å². The Kier molecular flexibility index (Phi) is 2.95. The smallest absolute Gasteiger partial charge is 0.349 e. The van der Waals surface area contributed by atoms with Crippen LogP contribution in [0, 0.1) is 0 Å². The maximum absolute atomic E-state index is 12.0. The fraction of sp³-hybridized carbons (Fsp3) is 0.364.